The van der Waals surface area contributed by atoms with Gasteiger partial charge in [0.1, 0.15) is 41.6 Å². The lowest BCUT2D eigenvalue weighted by Gasteiger charge is -2.40. The first-order chi connectivity index (χ1) is 22.0. The van der Waals surface area contributed by atoms with E-state index in [1.165, 1.54) is 44.0 Å². The van der Waals surface area contributed by atoms with Gasteiger partial charge in [-0.3, -0.25) is 24.0 Å². The van der Waals surface area contributed by atoms with Crippen molar-refractivity contribution in [3.05, 3.63) is 58.3 Å². The van der Waals surface area contributed by atoms with Crippen molar-refractivity contribution in [1.29, 1.82) is 0 Å². The molecule has 0 radical (unpaired) electrons. The number of nitrogens with two attached hydrogens (primary N) is 1. The Kier molecular flexibility index (Phi) is 11.8. The first-order valence-electron chi connectivity index (χ1n) is 15.1. The molecule has 5 amide bonds. The Bertz CT molecular complexity index is 1530. The van der Waals surface area contributed by atoms with Gasteiger partial charge in [-0.1, -0.05) is 44.2 Å². The number of carbonyl (C=O) groups is 5. The van der Waals surface area contributed by atoms with Crippen LogP contribution in [0.1, 0.15) is 59.1 Å². The molecule has 14 nitrogen and oxygen atoms in total. The van der Waals surface area contributed by atoms with Crippen molar-refractivity contribution in [2.75, 3.05) is 13.6 Å². The number of benzene rings is 1. The van der Waals surface area contributed by atoms with E-state index in [-0.39, 0.29) is 40.6 Å². The van der Waals surface area contributed by atoms with Gasteiger partial charge < -0.3 is 46.9 Å². The van der Waals surface area contributed by atoms with E-state index in [1.54, 1.807) is 26.8 Å². The van der Waals surface area contributed by atoms with E-state index in [1.807, 2.05) is 0 Å². The highest BCUT2D eigenvalue weighted by Crippen LogP contribution is 2.41. The van der Waals surface area contributed by atoms with Crippen molar-refractivity contribution in [3.8, 4) is 11.5 Å². The molecule has 8 N–H and O–H groups in total. The van der Waals surface area contributed by atoms with Crippen LogP contribution in [0.3, 0.4) is 0 Å². The van der Waals surface area contributed by atoms with Crippen LogP contribution >= 0.6 is 11.6 Å². The molecule has 0 saturated carbocycles. The number of aliphatic hydroxyl groups is 1. The second-order valence-electron chi connectivity index (χ2n) is 11.8. The number of ether oxygens (including phenoxy) is 1. The molecule has 2 unspecified atom stereocenters. The molecule has 0 aromatic heterocycles. The van der Waals surface area contributed by atoms with Crippen LogP contribution in [0.15, 0.2) is 47.7 Å². The van der Waals surface area contributed by atoms with Crippen LogP contribution in [0.25, 0.3) is 0 Å². The highest BCUT2D eigenvalue weighted by molar-refractivity contribution is 6.32. The van der Waals surface area contributed by atoms with Gasteiger partial charge in [0.05, 0.1) is 5.02 Å². The van der Waals surface area contributed by atoms with Crippen LogP contribution in [0.4, 0.5) is 0 Å². The van der Waals surface area contributed by atoms with Gasteiger partial charge in [0.2, 0.25) is 11.8 Å². The van der Waals surface area contributed by atoms with Crippen LogP contribution in [-0.2, 0) is 24.0 Å². The largest absolute Gasteiger partial charge is 0.503 e. The second kappa shape index (κ2) is 15.0. The minimum atomic E-state index is -1.61. The molecule has 0 aliphatic carbocycles. The van der Waals surface area contributed by atoms with E-state index in [2.05, 4.69) is 27.8 Å². The zero-order valence-electron chi connectivity index (χ0n) is 27.3. The molecule has 0 spiro atoms. The topological polar surface area (TPSA) is 212 Å². The molecule has 15 heteroatoms. The molecule has 3 rings (SSSR count). The Labute approximate surface area is 278 Å². The third kappa shape index (κ3) is 7.77. The van der Waals surface area contributed by atoms with Crippen LogP contribution in [-0.4, -0.2) is 88.0 Å². The Morgan fingerprint density at radius 1 is 1.19 bits per heavy atom. The summed E-state index contributed by atoms with van der Waals surface area (Å²) in [7, 11) is 1.44. The predicted molar refractivity (Wildman–Crippen MR) is 174 cm³/mol. The number of fused-ring (bicyclic) bond motifs is 2. The zero-order chi connectivity index (χ0) is 35.4. The van der Waals surface area contributed by atoms with Crippen molar-refractivity contribution < 1.29 is 38.9 Å². The van der Waals surface area contributed by atoms with E-state index < -0.39 is 71.2 Å². The van der Waals surface area contributed by atoms with E-state index in [0.717, 1.165) is 0 Å². The summed E-state index contributed by atoms with van der Waals surface area (Å²) < 4.78 is 6.29. The van der Waals surface area contributed by atoms with E-state index in [9.17, 15) is 34.2 Å². The number of primary amides is 1. The summed E-state index contributed by atoms with van der Waals surface area (Å²) >= 11 is 6.32. The van der Waals surface area contributed by atoms with Gasteiger partial charge in [0.25, 0.3) is 17.7 Å². The fourth-order valence-electron chi connectivity index (χ4n) is 5.29. The maximum absolute atomic E-state index is 14.5. The number of phenolic OH excluding ortho intramolecular Hbond substituents is 1. The molecule has 2 heterocycles. The number of hydrogen-bond donors (Lipinski definition) is 7. The van der Waals surface area contributed by atoms with Gasteiger partial charge in [-0.15, -0.1) is 0 Å². The third-order valence-corrected chi connectivity index (χ3v) is 8.78. The molecule has 0 fully saturated rings. The zero-order valence-corrected chi connectivity index (χ0v) is 28.0. The number of halogens is 1. The fourth-order valence-corrected chi connectivity index (χ4v) is 5.51. The molecule has 47 heavy (non-hydrogen) atoms. The van der Waals surface area contributed by atoms with Crippen molar-refractivity contribution in [2.45, 2.75) is 83.3 Å². The molecule has 2 aliphatic rings. The second-order valence-corrected chi connectivity index (χ2v) is 12.2. The Balaban J connectivity index is 2.16. The molecule has 0 saturated heterocycles. The van der Waals surface area contributed by atoms with Crippen molar-refractivity contribution in [2.24, 2.45) is 5.73 Å². The maximum Gasteiger partial charge on any atom is 0.265 e. The van der Waals surface area contributed by atoms with E-state index >= 15 is 0 Å². The number of amides is 5. The number of rotatable bonds is 8. The lowest BCUT2D eigenvalue weighted by Crippen LogP contribution is -2.65. The minimum Gasteiger partial charge on any atom is -0.503 e. The Hall–Kier alpha value is -4.40. The van der Waals surface area contributed by atoms with Gasteiger partial charge in [-0.25, -0.2) is 0 Å². The number of likely N-dealkylation sites (N-methyl/N-ethyl adjacent to an activating group) is 1. The van der Waals surface area contributed by atoms with Gasteiger partial charge >= 0.3 is 0 Å². The number of hydrogen-bond acceptors (Lipinski definition) is 9. The smallest absolute Gasteiger partial charge is 0.265 e. The van der Waals surface area contributed by atoms with E-state index in [0.29, 0.717) is 12.0 Å². The van der Waals surface area contributed by atoms with Gasteiger partial charge in [0, 0.05) is 6.54 Å². The monoisotopic (exact) mass is 674 g/mol. The molecule has 1 aromatic rings. The van der Waals surface area contributed by atoms with Gasteiger partial charge in [-0.2, -0.15) is 0 Å². The first kappa shape index (κ1) is 37.1. The van der Waals surface area contributed by atoms with Crippen LogP contribution in [0, 0.1) is 0 Å². The number of allylic oxidation sites excluding steroid dienone is 1. The van der Waals surface area contributed by atoms with Gasteiger partial charge in [-0.05, 0) is 69.5 Å². The minimum absolute atomic E-state index is 0.0330. The quantitative estimate of drug-likeness (QED) is 0.153. The predicted octanol–water partition coefficient (Wildman–Crippen LogP) is 0.826. The van der Waals surface area contributed by atoms with Crippen LogP contribution in [0.2, 0.25) is 5.02 Å². The SMILES string of the molecule is C=C(C)C1NC(=O)C(NC)[C@@H](O)c2cc(Cl)c(O)c(c2)O[C@](C)(CC)[C@@H](C(=O)N2CC=C[C@H]2C(=O)NC(C(N)=O)=C(C)CC)NC1=O. The summed E-state index contributed by atoms with van der Waals surface area (Å²) in [6, 6.07) is -2.79. The third-order valence-electron chi connectivity index (χ3n) is 8.49. The van der Waals surface area contributed by atoms with Gasteiger partial charge in [0.15, 0.2) is 11.5 Å². The highest BCUT2D eigenvalue weighted by Gasteiger charge is 2.47. The molecule has 2 aliphatic heterocycles. The standard InChI is InChI=1S/C32H43ClN6O8/c1-8-16(5)22(27(34)42)37-28(43)19-11-10-12-39(19)31(46)26-32(6,9-2)47-20-14-17(13-18(33)25(20)41)24(40)23(35-7)30(45)36-21(15(3)4)29(44)38-26/h10-11,13-14,19,21,23-24,26,35,40-41H,3,8-9,12H2,1-2,4-7H3,(H2,34,42)(H,36,45)(H,37,43)(H,38,44)/t19-,21?,23?,24-,26+,32+/m0/s1. The lowest BCUT2D eigenvalue weighted by atomic mass is 9.90. The number of phenols is 1. The average Bonchev–Trinajstić information content (AvgIpc) is 3.52. The number of nitrogens with zero attached hydrogens (tertiary/aromatic N) is 1. The Morgan fingerprint density at radius 3 is 2.40 bits per heavy atom. The van der Waals surface area contributed by atoms with Crippen LogP contribution < -0.4 is 31.7 Å². The number of nitrogens with one attached hydrogen (secondary N) is 4. The maximum atomic E-state index is 14.5. The molecular formula is C32H43ClN6O8. The molecule has 6 atom stereocenters. The summed E-state index contributed by atoms with van der Waals surface area (Å²) in [4.78, 5) is 68.4. The summed E-state index contributed by atoms with van der Waals surface area (Å²) in [5.41, 5.74) is 4.66. The lowest BCUT2D eigenvalue weighted by molar-refractivity contribution is -0.146. The summed E-state index contributed by atoms with van der Waals surface area (Å²) in [6.45, 7) is 11.9. The summed E-state index contributed by atoms with van der Waals surface area (Å²) in [6.07, 6.45) is 2.06. The first-order valence-corrected chi connectivity index (χ1v) is 15.5. The highest BCUT2D eigenvalue weighted by atomic mass is 35.5. The van der Waals surface area contributed by atoms with Crippen molar-refractivity contribution in [1.82, 2.24) is 26.2 Å². The number of aliphatic hydroxyl groups excluding tert-OH is 1. The van der Waals surface area contributed by atoms with Crippen LogP contribution in [0.5, 0.6) is 11.5 Å². The van der Waals surface area contributed by atoms with Crippen molar-refractivity contribution in [3.63, 3.8) is 0 Å². The average molecular weight is 675 g/mol. The van der Waals surface area contributed by atoms with Crippen molar-refractivity contribution >= 4 is 41.1 Å². The fraction of sp³-hybridized carbons (Fsp3) is 0.469. The Morgan fingerprint density at radius 2 is 1.85 bits per heavy atom. The molecule has 256 valence electrons. The summed E-state index contributed by atoms with van der Waals surface area (Å²) in [5, 5.41) is 32.4. The number of aromatic hydroxyl groups is 1. The summed E-state index contributed by atoms with van der Waals surface area (Å²) in [5.74, 6) is -4.62. The molecular weight excluding hydrogens is 632 g/mol. The number of carbonyl (C=O) groups excluding carboxylic acids is 5. The molecule has 1 aromatic carbocycles. The van der Waals surface area contributed by atoms with E-state index in [4.69, 9.17) is 22.1 Å². The normalized spacial score (nSPS) is 26.8. The molecule has 2 bridgehead atoms.